The minimum atomic E-state index is -3.99. The molecule has 0 spiro atoms. The standard InChI is InChI=1S/C16H15BrF2N2O2S/c17-8-3-9-20-11-12-10-13(18)6-7-15(12)21(24(20,22)23)16-5-2-1-4-14(16)19/h1-2,4-7,11H,3,8-10H2. The van der Waals surface area contributed by atoms with Crippen molar-refractivity contribution in [3.63, 3.8) is 0 Å². The van der Waals surface area contributed by atoms with E-state index in [-0.39, 0.29) is 30.2 Å². The molecular weight excluding hydrogens is 402 g/mol. The van der Waals surface area contributed by atoms with Crippen LogP contribution >= 0.6 is 15.9 Å². The van der Waals surface area contributed by atoms with Crippen molar-refractivity contribution in [2.75, 3.05) is 16.2 Å². The van der Waals surface area contributed by atoms with E-state index in [4.69, 9.17) is 0 Å². The predicted octanol–water partition coefficient (Wildman–Crippen LogP) is 4.00. The van der Waals surface area contributed by atoms with Gasteiger partial charge in [0.15, 0.2) is 0 Å². The molecule has 1 aromatic rings. The maximum absolute atomic E-state index is 14.3. The minimum absolute atomic E-state index is 0.0167. The van der Waals surface area contributed by atoms with E-state index in [1.54, 1.807) is 6.07 Å². The van der Waals surface area contributed by atoms with Crippen molar-refractivity contribution in [2.24, 2.45) is 0 Å². The van der Waals surface area contributed by atoms with Crippen molar-refractivity contribution in [1.29, 1.82) is 0 Å². The number of benzene rings is 1. The third-order valence-corrected chi connectivity index (χ3v) is 6.04. The van der Waals surface area contributed by atoms with Crippen molar-refractivity contribution in [3.8, 4) is 0 Å². The second-order valence-electron chi connectivity index (χ2n) is 5.37. The van der Waals surface area contributed by atoms with Gasteiger partial charge in [0.25, 0.3) is 0 Å². The Balaban J connectivity index is 2.17. The number of hydrogen-bond acceptors (Lipinski definition) is 2. The molecule has 2 aliphatic rings. The van der Waals surface area contributed by atoms with E-state index in [0.717, 1.165) is 8.61 Å². The Kier molecular flexibility index (Phi) is 4.78. The summed E-state index contributed by atoms with van der Waals surface area (Å²) in [6, 6.07) is 5.65. The van der Waals surface area contributed by atoms with Crippen LogP contribution in [0.4, 0.5) is 14.5 Å². The summed E-state index contributed by atoms with van der Waals surface area (Å²) in [7, 11) is -3.99. The molecule has 0 unspecified atom stereocenters. The van der Waals surface area contributed by atoms with Crippen LogP contribution in [0.1, 0.15) is 12.8 Å². The van der Waals surface area contributed by atoms with Gasteiger partial charge in [-0.15, -0.1) is 0 Å². The Morgan fingerprint density at radius 2 is 1.92 bits per heavy atom. The molecule has 8 heteroatoms. The van der Waals surface area contributed by atoms with Gasteiger partial charge in [0.1, 0.15) is 11.6 Å². The average Bonchev–Trinajstić information content (AvgIpc) is 2.54. The van der Waals surface area contributed by atoms with Crippen LogP contribution in [0, 0.1) is 5.82 Å². The molecule has 24 heavy (non-hydrogen) atoms. The van der Waals surface area contributed by atoms with E-state index in [1.807, 2.05) is 0 Å². The molecule has 1 aliphatic carbocycles. The number of fused-ring (bicyclic) bond motifs is 1. The molecule has 1 aliphatic heterocycles. The molecule has 1 aromatic carbocycles. The Labute approximate surface area is 148 Å². The first-order chi connectivity index (χ1) is 11.4. The number of allylic oxidation sites excluding steroid dienone is 4. The predicted molar refractivity (Wildman–Crippen MR) is 92.9 cm³/mol. The molecule has 0 saturated carbocycles. The van der Waals surface area contributed by atoms with Crippen LogP contribution in [-0.4, -0.2) is 24.6 Å². The molecule has 0 N–H and O–H groups in total. The molecule has 0 saturated heterocycles. The van der Waals surface area contributed by atoms with Crippen molar-refractivity contribution in [3.05, 3.63) is 65.5 Å². The Hall–Kier alpha value is -1.67. The molecule has 0 aromatic heterocycles. The number of nitrogens with zero attached hydrogens (tertiary/aromatic N) is 2. The summed E-state index contributed by atoms with van der Waals surface area (Å²) in [4.78, 5) is 0. The molecule has 128 valence electrons. The molecule has 0 fully saturated rings. The van der Waals surface area contributed by atoms with Gasteiger partial charge in [0.2, 0.25) is 0 Å². The number of rotatable bonds is 4. The summed E-state index contributed by atoms with van der Waals surface area (Å²) in [6.45, 7) is 0.223. The summed E-state index contributed by atoms with van der Waals surface area (Å²) >= 11 is 3.27. The maximum Gasteiger partial charge on any atom is 0.330 e. The van der Waals surface area contributed by atoms with E-state index < -0.39 is 16.0 Å². The lowest BCUT2D eigenvalue weighted by Crippen LogP contribution is -2.46. The number of halogens is 3. The smallest absolute Gasteiger partial charge is 0.260 e. The Morgan fingerprint density at radius 1 is 1.17 bits per heavy atom. The monoisotopic (exact) mass is 416 g/mol. The molecule has 0 amide bonds. The highest BCUT2D eigenvalue weighted by atomic mass is 79.9. The van der Waals surface area contributed by atoms with Gasteiger partial charge in [-0.05, 0) is 30.7 Å². The van der Waals surface area contributed by atoms with Crippen LogP contribution in [-0.2, 0) is 10.2 Å². The topological polar surface area (TPSA) is 40.6 Å². The zero-order valence-electron chi connectivity index (χ0n) is 12.6. The number of hydrogen-bond donors (Lipinski definition) is 0. The zero-order chi connectivity index (χ0) is 17.3. The SMILES string of the molecule is O=S1(=O)N(CCCBr)C=C2CC(F)=CC=C2N1c1ccccc1F. The minimum Gasteiger partial charge on any atom is -0.260 e. The van der Waals surface area contributed by atoms with E-state index in [2.05, 4.69) is 15.9 Å². The molecule has 4 nitrogen and oxygen atoms in total. The first-order valence-electron chi connectivity index (χ1n) is 7.35. The molecule has 1 heterocycles. The van der Waals surface area contributed by atoms with E-state index in [9.17, 15) is 17.2 Å². The number of anilines is 1. The van der Waals surface area contributed by atoms with E-state index in [0.29, 0.717) is 17.3 Å². The second kappa shape index (κ2) is 6.68. The fourth-order valence-electron chi connectivity index (χ4n) is 2.65. The van der Waals surface area contributed by atoms with E-state index >= 15 is 0 Å². The van der Waals surface area contributed by atoms with Crippen molar-refractivity contribution in [2.45, 2.75) is 12.8 Å². The highest BCUT2D eigenvalue weighted by Gasteiger charge is 2.38. The highest BCUT2D eigenvalue weighted by Crippen LogP contribution is 2.39. The lowest BCUT2D eigenvalue weighted by Gasteiger charge is -2.38. The third kappa shape index (κ3) is 3.00. The third-order valence-electron chi connectivity index (χ3n) is 3.74. The van der Waals surface area contributed by atoms with E-state index in [1.165, 1.54) is 36.6 Å². The molecule has 0 atom stereocenters. The van der Waals surface area contributed by atoms with Crippen LogP contribution in [0.3, 0.4) is 0 Å². The van der Waals surface area contributed by atoms with Crippen molar-refractivity contribution < 1.29 is 17.2 Å². The van der Waals surface area contributed by atoms with Crippen LogP contribution in [0.5, 0.6) is 0 Å². The van der Waals surface area contributed by atoms with Gasteiger partial charge in [-0.3, -0.25) is 4.31 Å². The molecular formula is C16H15BrF2N2O2S. The first-order valence-corrected chi connectivity index (χ1v) is 9.87. The van der Waals surface area contributed by atoms with Gasteiger partial charge in [-0.1, -0.05) is 28.1 Å². The van der Waals surface area contributed by atoms with Crippen molar-refractivity contribution >= 4 is 31.8 Å². The zero-order valence-corrected chi connectivity index (χ0v) is 15.0. The highest BCUT2D eigenvalue weighted by molar-refractivity contribution is 9.09. The van der Waals surface area contributed by atoms with Gasteiger partial charge in [0, 0.05) is 30.1 Å². The summed E-state index contributed by atoms with van der Waals surface area (Å²) in [5, 5.41) is 0.624. The summed E-state index contributed by atoms with van der Waals surface area (Å²) in [5.41, 5.74) is 0.702. The fourth-order valence-corrected chi connectivity index (χ4v) is 4.56. The number of alkyl halides is 1. The van der Waals surface area contributed by atoms with Crippen LogP contribution < -0.4 is 4.31 Å². The largest absolute Gasteiger partial charge is 0.330 e. The summed E-state index contributed by atoms with van der Waals surface area (Å²) in [6.07, 6.45) is 4.58. The number of para-hydroxylation sites is 1. The van der Waals surface area contributed by atoms with Gasteiger partial charge >= 0.3 is 10.2 Å². The normalized spacial score (nSPS) is 19.4. The Morgan fingerprint density at radius 3 is 2.62 bits per heavy atom. The summed E-state index contributed by atoms with van der Waals surface area (Å²) in [5.74, 6) is -1.02. The maximum atomic E-state index is 14.3. The lowest BCUT2D eigenvalue weighted by atomic mass is 10.0. The fraction of sp³-hybridized carbons (Fsp3) is 0.250. The second-order valence-corrected chi connectivity index (χ2v) is 7.90. The van der Waals surface area contributed by atoms with Gasteiger partial charge in [-0.2, -0.15) is 8.42 Å². The lowest BCUT2D eigenvalue weighted by molar-refractivity contribution is 0.484. The van der Waals surface area contributed by atoms with Gasteiger partial charge in [0.05, 0.1) is 11.4 Å². The van der Waals surface area contributed by atoms with Gasteiger partial charge < -0.3 is 0 Å². The summed E-state index contributed by atoms with van der Waals surface area (Å²) < 4.78 is 56.0. The average molecular weight is 417 g/mol. The quantitative estimate of drug-likeness (QED) is 0.695. The van der Waals surface area contributed by atoms with Crippen LogP contribution in [0.25, 0.3) is 0 Å². The van der Waals surface area contributed by atoms with Gasteiger partial charge in [-0.25, -0.2) is 13.1 Å². The Bertz CT molecular complexity index is 849. The van der Waals surface area contributed by atoms with Crippen molar-refractivity contribution in [1.82, 2.24) is 4.31 Å². The molecule has 0 bridgehead atoms. The molecule has 0 radical (unpaired) electrons. The van der Waals surface area contributed by atoms with Crippen LogP contribution in [0.2, 0.25) is 0 Å². The first kappa shape index (κ1) is 17.2. The molecule has 3 rings (SSSR count). The van der Waals surface area contributed by atoms with Crippen LogP contribution in [0.15, 0.2) is 59.7 Å².